The van der Waals surface area contributed by atoms with Crippen LogP contribution < -0.4 is 9.47 Å². The number of methoxy groups -OCH3 is 2. The molecule has 0 N–H and O–H groups in total. The Kier molecular flexibility index (Phi) is 14.5. The third kappa shape index (κ3) is 14.2. The van der Waals surface area contributed by atoms with E-state index < -0.39 is 7.54 Å². The molecule has 2 aromatic rings. The maximum Gasteiger partial charge on any atom is 0.762 e. The molecule has 0 fully saturated rings. The highest BCUT2D eigenvalue weighted by Crippen LogP contribution is 2.06. The summed E-state index contributed by atoms with van der Waals surface area (Å²) < 4.78 is 38.8. The largest absolute Gasteiger partial charge is 0.762 e. The Morgan fingerprint density at radius 2 is 0.905 bits per heavy atom. The fraction of sp³-hybridized carbons (Fsp3) is 0.143. The minimum Gasteiger partial charge on any atom is -0.497 e. The molecule has 7 heteroatoms. The lowest BCUT2D eigenvalue weighted by Gasteiger charge is -1.93. The third-order valence-electron chi connectivity index (χ3n) is 1.96. The zero-order valence-corrected chi connectivity index (χ0v) is 11.9. The van der Waals surface area contributed by atoms with Gasteiger partial charge in [-0.15, -0.1) is 0 Å². The van der Waals surface area contributed by atoms with Gasteiger partial charge in [-0.2, -0.15) is 0 Å². The zero-order valence-electron chi connectivity index (χ0n) is 11.9. The monoisotopic (exact) mass is 295 g/mol. The summed E-state index contributed by atoms with van der Waals surface area (Å²) in [5.74, 6) is 1.82. The predicted molar refractivity (Wildman–Crippen MR) is 80.8 cm³/mol. The lowest BCUT2D eigenvalue weighted by atomic mass is 10.3. The van der Waals surface area contributed by atoms with Gasteiger partial charge in [0, 0.05) is 8.41 Å². The van der Waals surface area contributed by atoms with Gasteiger partial charge in [0.05, 0.1) is 14.2 Å². The lowest BCUT2D eigenvalue weighted by molar-refractivity contribution is 0.414. The minimum absolute atomic E-state index is 0. The van der Waals surface area contributed by atoms with Crippen molar-refractivity contribution in [3.63, 3.8) is 0 Å². The Balaban J connectivity index is 0. The van der Waals surface area contributed by atoms with E-state index in [0.717, 1.165) is 11.5 Å². The molecule has 0 unspecified atom stereocenters. The average Bonchev–Trinajstić information content (AvgIpc) is 2.49. The maximum absolute atomic E-state index is 9.67. The first kappa shape index (κ1) is 21.3. The van der Waals surface area contributed by atoms with Crippen molar-refractivity contribution in [1.29, 1.82) is 0 Å². The summed E-state index contributed by atoms with van der Waals surface area (Å²) in [5.41, 5.74) is 0. The topological polar surface area (TPSA) is 18.5 Å². The van der Waals surface area contributed by atoms with Gasteiger partial charge in [-0.1, -0.05) is 36.4 Å². The fourth-order valence-corrected chi connectivity index (χ4v) is 1.11. The highest BCUT2D eigenvalue weighted by molar-refractivity contribution is 6.33. The molecule has 0 aromatic heterocycles. The van der Waals surface area contributed by atoms with Crippen LogP contribution in [0.15, 0.2) is 60.7 Å². The first-order valence-electron chi connectivity index (χ1n) is 5.70. The van der Waals surface area contributed by atoms with Crippen molar-refractivity contribution in [2.24, 2.45) is 0 Å². The van der Waals surface area contributed by atoms with E-state index in [0.29, 0.717) is 0 Å². The SMILES string of the molecule is COc1ccccc1.COc1ccccc1.FB(F)F.[B]. The van der Waals surface area contributed by atoms with Crippen LogP contribution in [0.25, 0.3) is 0 Å². The molecule has 3 radical (unpaired) electrons. The van der Waals surface area contributed by atoms with Crippen molar-refractivity contribution >= 4 is 16.0 Å². The van der Waals surface area contributed by atoms with Crippen LogP contribution in [-0.4, -0.2) is 30.2 Å². The second-order valence-corrected chi connectivity index (χ2v) is 3.28. The fourth-order valence-electron chi connectivity index (χ4n) is 1.11. The van der Waals surface area contributed by atoms with Gasteiger partial charge in [0.25, 0.3) is 0 Å². The molecule has 21 heavy (non-hydrogen) atoms. The molecule has 0 saturated carbocycles. The summed E-state index contributed by atoms with van der Waals surface area (Å²) in [4.78, 5) is 0. The van der Waals surface area contributed by atoms with Crippen LogP contribution in [0.3, 0.4) is 0 Å². The van der Waals surface area contributed by atoms with Crippen LogP contribution in [0.1, 0.15) is 0 Å². The molecule has 111 valence electrons. The van der Waals surface area contributed by atoms with E-state index in [-0.39, 0.29) is 8.41 Å². The van der Waals surface area contributed by atoms with Gasteiger partial charge in [-0.25, -0.2) is 0 Å². The summed E-state index contributed by atoms with van der Waals surface area (Å²) in [5, 5.41) is 0. The van der Waals surface area contributed by atoms with Crippen LogP contribution in [0.2, 0.25) is 0 Å². The van der Waals surface area contributed by atoms with Gasteiger partial charge < -0.3 is 9.47 Å². The van der Waals surface area contributed by atoms with Crippen LogP contribution in [0.4, 0.5) is 12.9 Å². The van der Waals surface area contributed by atoms with E-state index >= 15 is 0 Å². The van der Waals surface area contributed by atoms with E-state index in [9.17, 15) is 12.9 Å². The Hall–Kier alpha value is -2.04. The second kappa shape index (κ2) is 14.4. The van der Waals surface area contributed by atoms with Crippen molar-refractivity contribution in [2.75, 3.05) is 14.2 Å². The number of benzene rings is 2. The molecule has 0 atom stereocenters. The van der Waals surface area contributed by atoms with Crippen molar-refractivity contribution in [1.82, 2.24) is 0 Å². The summed E-state index contributed by atoms with van der Waals surface area (Å²) in [6, 6.07) is 19.4. The molecule has 0 spiro atoms. The first-order chi connectivity index (χ1) is 9.60. The molecule has 2 nitrogen and oxygen atoms in total. The lowest BCUT2D eigenvalue weighted by Crippen LogP contribution is -1.78. The van der Waals surface area contributed by atoms with E-state index in [2.05, 4.69) is 0 Å². The van der Waals surface area contributed by atoms with E-state index in [1.165, 1.54) is 0 Å². The molecule has 2 aromatic carbocycles. The van der Waals surface area contributed by atoms with Gasteiger partial charge >= 0.3 is 7.54 Å². The highest BCUT2D eigenvalue weighted by Gasteiger charge is 2.06. The average molecular weight is 295 g/mol. The predicted octanol–water partition coefficient (Wildman–Crippen LogP) is 3.89. The Labute approximate surface area is 125 Å². The normalized spacial score (nSPS) is 7.86. The molecule has 0 aliphatic heterocycles. The summed E-state index contributed by atoms with van der Waals surface area (Å²) in [7, 11) is -0.343. The number of hydrogen-bond acceptors (Lipinski definition) is 2. The summed E-state index contributed by atoms with van der Waals surface area (Å²) in [6.45, 7) is 0. The first-order valence-corrected chi connectivity index (χ1v) is 5.70. The molecule has 0 bridgehead atoms. The van der Waals surface area contributed by atoms with Crippen LogP contribution in [0, 0.1) is 0 Å². The van der Waals surface area contributed by atoms with Crippen LogP contribution in [-0.2, 0) is 0 Å². The molecular weight excluding hydrogens is 279 g/mol. The second-order valence-electron chi connectivity index (χ2n) is 3.28. The van der Waals surface area contributed by atoms with Crippen molar-refractivity contribution in [2.45, 2.75) is 0 Å². The molecule has 0 saturated heterocycles. The number of ether oxygens (including phenoxy) is 2. The van der Waals surface area contributed by atoms with Crippen molar-refractivity contribution in [3.8, 4) is 11.5 Å². The molecule has 0 heterocycles. The van der Waals surface area contributed by atoms with Gasteiger partial charge in [0.1, 0.15) is 11.5 Å². The van der Waals surface area contributed by atoms with Crippen LogP contribution in [0.5, 0.6) is 11.5 Å². The summed E-state index contributed by atoms with van der Waals surface area (Å²) in [6.07, 6.45) is 0. The van der Waals surface area contributed by atoms with E-state index in [1.54, 1.807) is 14.2 Å². The Bertz CT molecular complexity index is 388. The maximum atomic E-state index is 9.67. The van der Waals surface area contributed by atoms with Gasteiger partial charge in [0.2, 0.25) is 0 Å². The smallest absolute Gasteiger partial charge is 0.497 e. The van der Waals surface area contributed by atoms with Gasteiger partial charge in [-0.3, -0.25) is 12.9 Å². The van der Waals surface area contributed by atoms with Crippen molar-refractivity contribution < 1.29 is 22.4 Å². The minimum atomic E-state index is -3.67. The quantitative estimate of drug-likeness (QED) is 0.782. The zero-order chi connectivity index (χ0) is 15.2. The number of rotatable bonds is 2. The number of halogens is 3. The number of hydrogen-bond donors (Lipinski definition) is 0. The van der Waals surface area contributed by atoms with Gasteiger partial charge in [0.15, 0.2) is 0 Å². The molecule has 0 aliphatic carbocycles. The van der Waals surface area contributed by atoms with Crippen molar-refractivity contribution in [3.05, 3.63) is 60.7 Å². The van der Waals surface area contributed by atoms with Gasteiger partial charge in [-0.05, 0) is 24.3 Å². The third-order valence-corrected chi connectivity index (χ3v) is 1.96. The Morgan fingerprint density at radius 1 is 0.667 bits per heavy atom. The highest BCUT2D eigenvalue weighted by atomic mass is 19.4. The number of para-hydroxylation sites is 2. The Morgan fingerprint density at radius 3 is 1.05 bits per heavy atom. The standard InChI is InChI=1S/2C7H8O.BF3.B/c2*1-8-7-5-3-2-4-6-7;2-1(3)4;/h2*2-6H,1H3;;. The van der Waals surface area contributed by atoms with E-state index in [4.69, 9.17) is 9.47 Å². The molecule has 0 aliphatic rings. The molecule has 2 rings (SSSR count). The molecular formula is C14H16B2F3O2. The van der Waals surface area contributed by atoms with E-state index in [1.807, 2.05) is 60.7 Å². The summed E-state index contributed by atoms with van der Waals surface area (Å²) >= 11 is 0. The molecule has 0 amide bonds. The van der Waals surface area contributed by atoms with Crippen LogP contribution >= 0.6 is 0 Å².